The quantitative estimate of drug-likeness (QED) is 0.167. The van der Waals surface area contributed by atoms with E-state index in [2.05, 4.69) is 0 Å². The van der Waals surface area contributed by atoms with Crippen LogP contribution in [0.5, 0.6) is 0 Å². The van der Waals surface area contributed by atoms with E-state index in [9.17, 15) is 34.5 Å². The third kappa shape index (κ3) is 3.63. The Balaban J connectivity index is 2.41. The highest BCUT2D eigenvalue weighted by atomic mass is 16.6. The third-order valence-corrected chi connectivity index (χ3v) is 7.68. The molecule has 36 heavy (non-hydrogen) atoms. The first kappa shape index (κ1) is 27.1. The number of ether oxygens (including phenoxy) is 1. The number of carbonyl (C=O) groups is 4. The number of hydrogen-bond donors (Lipinski definition) is 3. The molecule has 8 heteroatoms. The predicted molar refractivity (Wildman–Crippen MR) is 132 cm³/mol. The minimum atomic E-state index is -2.22. The van der Waals surface area contributed by atoms with Gasteiger partial charge in [-0.1, -0.05) is 36.5 Å². The second-order valence-corrected chi connectivity index (χ2v) is 9.93. The fraction of sp³-hybridized carbons (Fsp3) is 0.429. The van der Waals surface area contributed by atoms with Gasteiger partial charge in [-0.25, -0.2) is 4.79 Å². The summed E-state index contributed by atoms with van der Waals surface area (Å²) in [5, 5.41) is 33.5. The maximum atomic E-state index is 13.8. The Morgan fingerprint density at radius 2 is 1.53 bits per heavy atom. The van der Waals surface area contributed by atoms with Crippen molar-refractivity contribution in [2.45, 2.75) is 52.7 Å². The maximum Gasteiger partial charge on any atom is 0.338 e. The first-order chi connectivity index (χ1) is 16.7. The molecule has 0 aromatic rings. The SMILES string of the molecule is C/C=C/C=C/C(=O)[C@@H]1[C@@H]([C@]2(C)OC(=O)C(C)=C2O)[C@H]2\C(=C(O)/C=C/C=C/C)C(=O)[C@]1(C)C(=O)[C@]2(C)O. The first-order valence-electron chi connectivity index (χ1n) is 11.7. The van der Waals surface area contributed by atoms with Crippen molar-refractivity contribution in [2.24, 2.45) is 23.2 Å². The lowest BCUT2D eigenvalue weighted by Gasteiger charge is -2.60. The number of cyclic esters (lactones) is 1. The molecule has 4 rings (SSSR count). The van der Waals surface area contributed by atoms with Gasteiger partial charge in [-0.2, -0.15) is 0 Å². The number of ketones is 3. The van der Waals surface area contributed by atoms with E-state index < -0.39 is 69.2 Å². The van der Waals surface area contributed by atoms with Crippen molar-refractivity contribution in [1.82, 2.24) is 0 Å². The van der Waals surface area contributed by atoms with Crippen molar-refractivity contribution < 1.29 is 39.2 Å². The molecule has 6 atom stereocenters. The molecule has 0 saturated heterocycles. The van der Waals surface area contributed by atoms with Crippen LogP contribution in [0.4, 0.5) is 0 Å². The average Bonchev–Trinajstić information content (AvgIpc) is 3.01. The fourth-order valence-electron chi connectivity index (χ4n) is 5.93. The summed E-state index contributed by atoms with van der Waals surface area (Å²) in [5.74, 6) is -8.17. The second kappa shape index (κ2) is 9.17. The molecule has 0 aromatic carbocycles. The van der Waals surface area contributed by atoms with Crippen LogP contribution in [-0.2, 0) is 23.9 Å². The number of aliphatic hydroxyl groups excluding tert-OH is 2. The number of carbonyl (C=O) groups excluding carboxylic acids is 4. The Bertz CT molecular complexity index is 1210. The molecule has 1 aliphatic heterocycles. The number of aliphatic hydroxyl groups is 3. The molecule has 0 aromatic heterocycles. The van der Waals surface area contributed by atoms with Crippen molar-refractivity contribution in [3.63, 3.8) is 0 Å². The van der Waals surface area contributed by atoms with Gasteiger partial charge in [-0.3, -0.25) is 14.4 Å². The van der Waals surface area contributed by atoms with Crippen LogP contribution >= 0.6 is 0 Å². The van der Waals surface area contributed by atoms with Gasteiger partial charge < -0.3 is 20.1 Å². The summed E-state index contributed by atoms with van der Waals surface area (Å²) in [6, 6.07) is 0. The molecule has 3 aliphatic carbocycles. The highest BCUT2D eigenvalue weighted by Gasteiger charge is 2.77. The van der Waals surface area contributed by atoms with E-state index in [1.165, 1.54) is 52.0 Å². The Labute approximate surface area is 210 Å². The standard InChI is InChI=1S/C28H32O8/c1-7-9-11-13-16(29)18-20-21(28(6)22(31)15(3)24(33)36-28)19(17(30)14-12-10-8-2)26(4,23(18)32)25(34)27(20,5)35/h7-14,19-21,29,31,35H,1-6H3/b9-7+,10-8+,13-11+,14-12+,18-16-/t19-,20-,21-,26-,27-,28+/m1/s1. The molecule has 8 nitrogen and oxygen atoms in total. The highest BCUT2D eigenvalue weighted by molar-refractivity contribution is 6.24. The van der Waals surface area contributed by atoms with Gasteiger partial charge in [0.2, 0.25) is 0 Å². The number of Topliss-reactive ketones (excluding diaryl/α,β-unsaturated/α-hetero) is 2. The zero-order valence-electron chi connectivity index (χ0n) is 21.2. The maximum absolute atomic E-state index is 13.8. The smallest absolute Gasteiger partial charge is 0.338 e. The lowest BCUT2D eigenvalue weighted by Crippen LogP contribution is -2.75. The van der Waals surface area contributed by atoms with Crippen LogP contribution in [0.1, 0.15) is 41.5 Å². The van der Waals surface area contributed by atoms with Crippen LogP contribution in [0, 0.1) is 23.2 Å². The summed E-state index contributed by atoms with van der Waals surface area (Å²) in [4.78, 5) is 53.5. The first-order valence-corrected chi connectivity index (χ1v) is 11.7. The van der Waals surface area contributed by atoms with Gasteiger partial charge in [0.05, 0.1) is 5.57 Å². The van der Waals surface area contributed by atoms with Gasteiger partial charge in [0.15, 0.2) is 23.0 Å². The van der Waals surface area contributed by atoms with E-state index in [1.807, 2.05) is 0 Å². The summed E-state index contributed by atoms with van der Waals surface area (Å²) in [5.41, 5.74) is -6.53. The third-order valence-electron chi connectivity index (χ3n) is 7.68. The molecule has 3 N–H and O–H groups in total. The molecule has 0 unspecified atom stereocenters. The van der Waals surface area contributed by atoms with Crippen LogP contribution in [0.3, 0.4) is 0 Å². The van der Waals surface area contributed by atoms with Crippen LogP contribution in [0.15, 0.2) is 71.3 Å². The summed E-state index contributed by atoms with van der Waals surface area (Å²) >= 11 is 0. The van der Waals surface area contributed by atoms with Crippen molar-refractivity contribution in [3.8, 4) is 0 Å². The number of rotatable bonds is 6. The van der Waals surface area contributed by atoms with Crippen molar-refractivity contribution in [3.05, 3.63) is 71.3 Å². The zero-order valence-corrected chi connectivity index (χ0v) is 21.2. The number of fused-ring (bicyclic) bond motifs is 3. The topological polar surface area (TPSA) is 138 Å². The lowest BCUT2D eigenvalue weighted by molar-refractivity contribution is -0.203. The molecular weight excluding hydrogens is 464 g/mol. The second-order valence-electron chi connectivity index (χ2n) is 9.93. The van der Waals surface area contributed by atoms with Gasteiger partial charge in [0.1, 0.15) is 22.5 Å². The van der Waals surface area contributed by atoms with E-state index in [0.29, 0.717) is 0 Å². The van der Waals surface area contributed by atoms with Crippen LogP contribution in [0.25, 0.3) is 0 Å². The Morgan fingerprint density at radius 3 is 2.03 bits per heavy atom. The Morgan fingerprint density at radius 1 is 0.972 bits per heavy atom. The number of hydrogen-bond acceptors (Lipinski definition) is 8. The van der Waals surface area contributed by atoms with E-state index >= 15 is 0 Å². The van der Waals surface area contributed by atoms with Crippen LogP contribution in [-0.4, -0.2) is 49.8 Å². The van der Waals surface area contributed by atoms with Gasteiger partial charge in [-0.05, 0) is 53.7 Å². The Kier molecular flexibility index (Phi) is 6.89. The van der Waals surface area contributed by atoms with Gasteiger partial charge in [-0.15, -0.1) is 0 Å². The van der Waals surface area contributed by atoms with E-state index in [4.69, 9.17) is 4.74 Å². The number of allylic oxidation sites excluding steroid dienone is 8. The lowest BCUT2D eigenvalue weighted by atomic mass is 9.40. The van der Waals surface area contributed by atoms with Crippen molar-refractivity contribution >= 4 is 23.3 Å². The number of esters is 1. The van der Waals surface area contributed by atoms with E-state index in [1.54, 1.807) is 38.2 Å². The molecule has 1 heterocycles. The molecule has 0 radical (unpaired) electrons. The van der Waals surface area contributed by atoms with Crippen molar-refractivity contribution in [2.75, 3.05) is 0 Å². The zero-order chi connectivity index (χ0) is 27.2. The molecule has 3 fully saturated rings. The minimum Gasteiger partial charge on any atom is -0.508 e. The average molecular weight is 497 g/mol. The monoisotopic (exact) mass is 496 g/mol. The molecule has 0 spiro atoms. The molecule has 4 aliphatic rings. The van der Waals surface area contributed by atoms with E-state index in [-0.39, 0.29) is 11.1 Å². The Hall–Kier alpha value is -3.52. The molecule has 192 valence electrons. The molecule has 2 bridgehead atoms. The van der Waals surface area contributed by atoms with Crippen LogP contribution in [0.2, 0.25) is 0 Å². The molecule has 3 saturated carbocycles. The molecular formula is C28H32O8. The predicted octanol–water partition coefficient (Wildman–Crippen LogP) is 3.55. The van der Waals surface area contributed by atoms with E-state index in [0.717, 1.165) is 0 Å². The summed E-state index contributed by atoms with van der Waals surface area (Å²) < 4.78 is 5.59. The van der Waals surface area contributed by atoms with Crippen LogP contribution < -0.4 is 0 Å². The normalized spacial score (nSPS) is 38.4. The fourth-order valence-corrected chi connectivity index (χ4v) is 5.93. The highest BCUT2D eigenvalue weighted by Crippen LogP contribution is 2.64. The van der Waals surface area contributed by atoms with Crippen molar-refractivity contribution in [1.29, 1.82) is 0 Å². The summed E-state index contributed by atoms with van der Waals surface area (Å²) in [7, 11) is 0. The largest absolute Gasteiger partial charge is 0.508 e. The summed E-state index contributed by atoms with van der Waals surface area (Å²) in [6.07, 6.45) is 12.0. The molecule has 0 amide bonds. The van der Waals surface area contributed by atoms with Gasteiger partial charge in [0, 0.05) is 23.3 Å². The summed E-state index contributed by atoms with van der Waals surface area (Å²) in [6.45, 7) is 8.72. The van der Waals surface area contributed by atoms with Gasteiger partial charge >= 0.3 is 5.97 Å². The van der Waals surface area contributed by atoms with Gasteiger partial charge in [0.25, 0.3) is 0 Å². The minimum absolute atomic E-state index is 0.0835.